The lowest BCUT2D eigenvalue weighted by Crippen LogP contribution is -2.23. The molecule has 0 aliphatic heterocycles. The second-order valence-corrected chi connectivity index (χ2v) is 5.69. The van der Waals surface area contributed by atoms with Crippen LogP contribution < -0.4 is 5.32 Å². The summed E-state index contributed by atoms with van der Waals surface area (Å²) < 4.78 is 1.78. The van der Waals surface area contributed by atoms with Gasteiger partial charge in [-0.15, -0.1) is 11.8 Å². The van der Waals surface area contributed by atoms with Crippen molar-refractivity contribution in [1.29, 1.82) is 0 Å². The van der Waals surface area contributed by atoms with Gasteiger partial charge in [-0.3, -0.25) is 9.48 Å². The predicted octanol–water partition coefficient (Wildman–Crippen LogP) is 3.03. The molecule has 0 bridgehead atoms. The summed E-state index contributed by atoms with van der Waals surface area (Å²) in [4.78, 5) is 13.2. The van der Waals surface area contributed by atoms with Gasteiger partial charge in [0.05, 0.1) is 16.8 Å². The van der Waals surface area contributed by atoms with Gasteiger partial charge < -0.3 is 5.32 Å². The summed E-state index contributed by atoms with van der Waals surface area (Å²) in [6.07, 6.45) is 3.72. The minimum Gasteiger partial charge on any atom is -0.348 e. The third-order valence-corrected chi connectivity index (χ3v) is 4.25. The van der Waals surface area contributed by atoms with Crippen LogP contribution in [0.3, 0.4) is 0 Å². The number of carbonyl (C=O) groups excluding carboxylic acids is 1. The third-order valence-electron chi connectivity index (χ3n) is 3.19. The second-order valence-electron chi connectivity index (χ2n) is 4.41. The van der Waals surface area contributed by atoms with Crippen molar-refractivity contribution in [3.63, 3.8) is 0 Å². The SMILES string of the molecule is CSc1ccc(Cl)c(C(=O)NCc2cnn(C)c2C)c1. The lowest BCUT2D eigenvalue weighted by Gasteiger charge is -2.08. The van der Waals surface area contributed by atoms with Crippen LogP contribution in [0.5, 0.6) is 0 Å². The molecule has 1 aromatic carbocycles. The molecule has 1 amide bonds. The zero-order valence-electron chi connectivity index (χ0n) is 11.6. The Hall–Kier alpha value is -1.46. The largest absolute Gasteiger partial charge is 0.348 e. The van der Waals surface area contributed by atoms with E-state index < -0.39 is 0 Å². The molecule has 1 heterocycles. The minimum absolute atomic E-state index is 0.172. The lowest BCUT2D eigenvalue weighted by molar-refractivity contribution is 0.0951. The van der Waals surface area contributed by atoms with E-state index in [0.717, 1.165) is 16.2 Å². The normalized spacial score (nSPS) is 10.6. The van der Waals surface area contributed by atoms with Gasteiger partial charge in [0.25, 0.3) is 5.91 Å². The Balaban J connectivity index is 2.10. The first kappa shape index (κ1) is 14.9. The number of halogens is 1. The van der Waals surface area contributed by atoms with E-state index in [1.54, 1.807) is 34.8 Å². The Morgan fingerprint density at radius 3 is 2.85 bits per heavy atom. The van der Waals surface area contributed by atoms with Gasteiger partial charge in [0.15, 0.2) is 0 Å². The summed E-state index contributed by atoms with van der Waals surface area (Å²) >= 11 is 7.66. The number of hydrogen-bond donors (Lipinski definition) is 1. The van der Waals surface area contributed by atoms with E-state index in [4.69, 9.17) is 11.6 Å². The van der Waals surface area contributed by atoms with Crippen LogP contribution in [-0.2, 0) is 13.6 Å². The maximum absolute atomic E-state index is 12.2. The lowest BCUT2D eigenvalue weighted by atomic mass is 10.2. The molecule has 106 valence electrons. The zero-order chi connectivity index (χ0) is 14.7. The van der Waals surface area contributed by atoms with Crippen molar-refractivity contribution in [1.82, 2.24) is 15.1 Å². The van der Waals surface area contributed by atoms with Crippen LogP contribution in [0, 0.1) is 6.92 Å². The highest BCUT2D eigenvalue weighted by molar-refractivity contribution is 7.98. The molecule has 0 aliphatic carbocycles. The topological polar surface area (TPSA) is 46.9 Å². The van der Waals surface area contributed by atoms with Gasteiger partial charge >= 0.3 is 0 Å². The van der Waals surface area contributed by atoms with Gasteiger partial charge in [0.1, 0.15) is 0 Å². The maximum Gasteiger partial charge on any atom is 0.253 e. The number of rotatable bonds is 4. The van der Waals surface area contributed by atoms with Crippen molar-refractivity contribution in [3.05, 3.63) is 46.2 Å². The van der Waals surface area contributed by atoms with Crippen LogP contribution in [0.15, 0.2) is 29.3 Å². The molecular weight excluding hydrogens is 294 g/mol. The number of nitrogens with zero attached hydrogens (tertiary/aromatic N) is 2. The highest BCUT2D eigenvalue weighted by atomic mass is 35.5. The average Bonchev–Trinajstić information content (AvgIpc) is 2.77. The van der Waals surface area contributed by atoms with Crippen molar-refractivity contribution < 1.29 is 4.79 Å². The molecule has 1 aromatic heterocycles. The van der Waals surface area contributed by atoms with Gasteiger partial charge in [0.2, 0.25) is 0 Å². The molecule has 0 radical (unpaired) electrons. The van der Waals surface area contributed by atoms with E-state index in [-0.39, 0.29) is 5.91 Å². The molecule has 0 saturated carbocycles. The number of aromatic nitrogens is 2. The Morgan fingerprint density at radius 1 is 1.50 bits per heavy atom. The highest BCUT2D eigenvalue weighted by Crippen LogP contribution is 2.23. The van der Waals surface area contributed by atoms with Gasteiger partial charge in [-0.05, 0) is 31.4 Å². The van der Waals surface area contributed by atoms with Crippen molar-refractivity contribution >= 4 is 29.3 Å². The molecule has 0 saturated heterocycles. The summed E-state index contributed by atoms with van der Waals surface area (Å²) in [5, 5.41) is 7.48. The Labute approximate surface area is 127 Å². The van der Waals surface area contributed by atoms with Gasteiger partial charge in [0, 0.05) is 29.7 Å². The minimum atomic E-state index is -0.172. The van der Waals surface area contributed by atoms with Crippen LogP contribution in [0.25, 0.3) is 0 Å². The first-order valence-corrected chi connectivity index (χ1v) is 7.72. The molecule has 0 atom stereocenters. The van der Waals surface area contributed by atoms with Crippen molar-refractivity contribution in [2.24, 2.45) is 7.05 Å². The Kier molecular flexibility index (Phi) is 4.73. The van der Waals surface area contributed by atoms with E-state index in [9.17, 15) is 4.79 Å². The molecule has 1 N–H and O–H groups in total. The van der Waals surface area contributed by atoms with Crippen LogP contribution in [0.2, 0.25) is 5.02 Å². The van der Waals surface area contributed by atoms with E-state index >= 15 is 0 Å². The first-order valence-electron chi connectivity index (χ1n) is 6.12. The van der Waals surface area contributed by atoms with E-state index in [1.807, 2.05) is 26.3 Å². The summed E-state index contributed by atoms with van der Waals surface area (Å²) in [5.74, 6) is -0.172. The Bertz CT molecular complexity index is 639. The number of amides is 1. The molecule has 20 heavy (non-hydrogen) atoms. The maximum atomic E-state index is 12.2. The summed E-state index contributed by atoms with van der Waals surface area (Å²) in [6, 6.07) is 5.45. The number of aryl methyl sites for hydroxylation is 1. The second kappa shape index (κ2) is 6.33. The summed E-state index contributed by atoms with van der Waals surface area (Å²) in [6.45, 7) is 2.41. The van der Waals surface area contributed by atoms with Crippen LogP contribution in [0.4, 0.5) is 0 Å². The number of benzene rings is 1. The molecule has 4 nitrogen and oxygen atoms in total. The quantitative estimate of drug-likeness (QED) is 0.883. The van der Waals surface area contributed by atoms with Crippen LogP contribution in [0.1, 0.15) is 21.6 Å². The molecule has 0 fully saturated rings. The number of carbonyl (C=O) groups is 1. The predicted molar refractivity (Wildman–Crippen MR) is 82.3 cm³/mol. The van der Waals surface area contributed by atoms with Crippen molar-refractivity contribution in [3.8, 4) is 0 Å². The highest BCUT2D eigenvalue weighted by Gasteiger charge is 2.12. The molecule has 2 aromatic rings. The standard InChI is InChI=1S/C14H16ClN3OS/c1-9-10(8-17-18(9)2)7-16-14(19)12-6-11(20-3)4-5-13(12)15/h4-6,8H,7H2,1-3H3,(H,16,19). The fourth-order valence-electron chi connectivity index (χ4n) is 1.79. The smallest absolute Gasteiger partial charge is 0.253 e. The van der Waals surface area contributed by atoms with Gasteiger partial charge in [-0.25, -0.2) is 0 Å². The molecule has 2 rings (SSSR count). The van der Waals surface area contributed by atoms with E-state index in [0.29, 0.717) is 17.1 Å². The fourth-order valence-corrected chi connectivity index (χ4v) is 2.44. The van der Waals surface area contributed by atoms with Crippen LogP contribution in [-0.4, -0.2) is 21.9 Å². The van der Waals surface area contributed by atoms with E-state index in [1.165, 1.54) is 0 Å². The molecule has 0 aliphatic rings. The molecule has 6 heteroatoms. The number of thioether (sulfide) groups is 1. The fraction of sp³-hybridized carbons (Fsp3) is 0.286. The molecule has 0 unspecified atom stereocenters. The zero-order valence-corrected chi connectivity index (χ0v) is 13.2. The molecular formula is C14H16ClN3OS. The number of hydrogen-bond acceptors (Lipinski definition) is 3. The number of nitrogens with one attached hydrogen (secondary N) is 1. The first-order chi connectivity index (χ1) is 9.52. The van der Waals surface area contributed by atoms with Crippen molar-refractivity contribution in [2.45, 2.75) is 18.4 Å². The monoisotopic (exact) mass is 309 g/mol. The Morgan fingerprint density at radius 2 is 2.25 bits per heavy atom. The van der Waals surface area contributed by atoms with Gasteiger partial charge in [-0.1, -0.05) is 11.6 Å². The van der Waals surface area contributed by atoms with Crippen LogP contribution >= 0.6 is 23.4 Å². The third kappa shape index (κ3) is 3.16. The summed E-state index contributed by atoms with van der Waals surface area (Å²) in [5.41, 5.74) is 2.53. The van der Waals surface area contributed by atoms with Crippen molar-refractivity contribution in [2.75, 3.05) is 6.26 Å². The molecule has 0 spiro atoms. The van der Waals surface area contributed by atoms with E-state index in [2.05, 4.69) is 10.4 Å². The van der Waals surface area contributed by atoms with Gasteiger partial charge in [-0.2, -0.15) is 5.10 Å². The average molecular weight is 310 g/mol. The summed E-state index contributed by atoms with van der Waals surface area (Å²) in [7, 11) is 1.87.